The van der Waals surface area contributed by atoms with Crippen molar-refractivity contribution in [2.24, 2.45) is 0 Å². The number of fused-ring (bicyclic) bond motifs is 3. The highest BCUT2D eigenvalue weighted by atomic mass is 16.5. The van der Waals surface area contributed by atoms with Crippen molar-refractivity contribution in [1.82, 2.24) is 14.5 Å². The minimum absolute atomic E-state index is 0.480. The van der Waals surface area contributed by atoms with Crippen molar-refractivity contribution in [1.29, 1.82) is 0 Å². The maximum atomic E-state index is 5.76. The van der Waals surface area contributed by atoms with Crippen LogP contribution in [0.1, 0.15) is 17.0 Å². The first kappa shape index (κ1) is 11.7. The fraction of sp³-hybridized carbons (Fsp3) is 0.0588. The zero-order chi connectivity index (χ0) is 14.1. The van der Waals surface area contributed by atoms with Crippen molar-refractivity contribution in [2.75, 3.05) is 0 Å². The lowest BCUT2D eigenvalue weighted by atomic mass is 10.2. The zero-order valence-electron chi connectivity index (χ0n) is 11.2. The van der Waals surface area contributed by atoms with E-state index in [0.717, 1.165) is 28.4 Å². The fourth-order valence-electron chi connectivity index (χ4n) is 2.32. The number of hydrogen-bond acceptors (Lipinski definition) is 3. The van der Waals surface area contributed by atoms with Crippen LogP contribution in [-0.2, 0) is 6.61 Å². The van der Waals surface area contributed by atoms with E-state index in [-0.39, 0.29) is 0 Å². The largest absolute Gasteiger partial charge is 0.485 e. The second-order valence-corrected chi connectivity index (χ2v) is 4.66. The van der Waals surface area contributed by atoms with Gasteiger partial charge in [0.2, 0.25) is 0 Å². The number of pyridine rings is 1. The van der Waals surface area contributed by atoms with Gasteiger partial charge in [0.15, 0.2) is 0 Å². The summed E-state index contributed by atoms with van der Waals surface area (Å²) in [6.45, 7) is 0.480. The second-order valence-electron chi connectivity index (χ2n) is 4.66. The molecule has 2 aromatic heterocycles. The van der Waals surface area contributed by atoms with Crippen molar-refractivity contribution in [3.63, 3.8) is 0 Å². The third kappa shape index (κ3) is 2.05. The second kappa shape index (κ2) is 4.80. The molecule has 0 radical (unpaired) electrons. The van der Waals surface area contributed by atoms with Gasteiger partial charge in [-0.05, 0) is 30.2 Å². The lowest BCUT2D eigenvalue weighted by molar-refractivity contribution is 0.285. The van der Waals surface area contributed by atoms with Gasteiger partial charge in [0, 0.05) is 18.0 Å². The zero-order valence-corrected chi connectivity index (χ0v) is 11.2. The standard InChI is InChI=1S/C17H11N3O/c1-2-6-17-15(5-1)20-12-19-14(16(20)11-21-17)8-7-13-4-3-9-18-10-13/h1-6,9-10,12H,11H2. The minimum Gasteiger partial charge on any atom is -0.485 e. The molecule has 21 heavy (non-hydrogen) atoms. The Kier molecular flexibility index (Phi) is 2.68. The van der Waals surface area contributed by atoms with E-state index in [4.69, 9.17) is 4.74 Å². The normalized spacial score (nSPS) is 11.6. The lowest BCUT2D eigenvalue weighted by Gasteiger charge is -2.19. The van der Waals surface area contributed by atoms with Gasteiger partial charge in [-0.1, -0.05) is 18.1 Å². The van der Waals surface area contributed by atoms with Crippen LogP contribution in [-0.4, -0.2) is 14.5 Å². The van der Waals surface area contributed by atoms with Crippen LogP contribution in [0.4, 0.5) is 0 Å². The molecule has 0 atom stereocenters. The van der Waals surface area contributed by atoms with Gasteiger partial charge in [0.25, 0.3) is 0 Å². The summed E-state index contributed by atoms with van der Waals surface area (Å²) in [4.78, 5) is 8.45. The van der Waals surface area contributed by atoms with E-state index in [2.05, 4.69) is 21.8 Å². The summed E-state index contributed by atoms with van der Waals surface area (Å²) < 4.78 is 7.79. The summed E-state index contributed by atoms with van der Waals surface area (Å²) in [6, 6.07) is 11.7. The fourth-order valence-corrected chi connectivity index (χ4v) is 2.32. The molecule has 3 aromatic rings. The number of hydrogen-bond donors (Lipinski definition) is 0. The maximum Gasteiger partial charge on any atom is 0.143 e. The lowest BCUT2D eigenvalue weighted by Crippen LogP contribution is -2.12. The van der Waals surface area contributed by atoms with E-state index in [0.29, 0.717) is 6.61 Å². The van der Waals surface area contributed by atoms with Gasteiger partial charge in [-0.2, -0.15) is 0 Å². The van der Waals surface area contributed by atoms with Crippen LogP contribution in [0.3, 0.4) is 0 Å². The molecule has 0 N–H and O–H groups in total. The van der Waals surface area contributed by atoms with Crippen LogP contribution >= 0.6 is 0 Å². The number of aromatic nitrogens is 3. The highest BCUT2D eigenvalue weighted by Crippen LogP contribution is 2.30. The number of nitrogens with zero attached hydrogens (tertiary/aromatic N) is 3. The third-order valence-electron chi connectivity index (χ3n) is 3.34. The van der Waals surface area contributed by atoms with Crippen LogP contribution < -0.4 is 4.74 Å². The van der Waals surface area contributed by atoms with E-state index in [9.17, 15) is 0 Å². The van der Waals surface area contributed by atoms with Gasteiger partial charge in [-0.3, -0.25) is 9.55 Å². The summed E-state index contributed by atoms with van der Waals surface area (Å²) in [6.07, 6.45) is 5.26. The van der Waals surface area contributed by atoms with Crippen LogP contribution in [0.5, 0.6) is 5.75 Å². The molecule has 100 valence electrons. The Morgan fingerprint density at radius 1 is 1.10 bits per heavy atom. The Morgan fingerprint density at radius 2 is 2.05 bits per heavy atom. The van der Waals surface area contributed by atoms with E-state index in [1.807, 2.05) is 41.0 Å². The molecule has 0 saturated heterocycles. The van der Waals surface area contributed by atoms with Crippen LogP contribution in [0, 0.1) is 11.8 Å². The van der Waals surface area contributed by atoms with Crippen LogP contribution in [0.15, 0.2) is 55.1 Å². The quantitative estimate of drug-likeness (QED) is 0.591. The SMILES string of the molecule is C(#Cc1ncn2c1COc1ccccc1-2)c1cccnc1. The molecule has 0 saturated carbocycles. The third-order valence-corrected chi connectivity index (χ3v) is 3.34. The summed E-state index contributed by atoms with van der Waals surface area (Å²) in [5.74, 6) is 7.04. The first-order chi connectivity index (χ1) is 10.4. The summed E-state index contributed by atoms with van der Waals surface area (Å²) in [5, 5.41) is 0. The van der Waals surface area contributed by atoms with Gasteiger partial charge >= 0.3 is 0 Å². The van der Waals surface area contributed by atoms with E-state index in [1.165, 1.54) is 0 Å². The average Bonchev–Trinajstić information content (AvgIpc) is 2.97. The molecular formula is C17H11N3O. The predicted molar refractivity (Wildman–Crippen MR) is 78.1 cm³/mol. The van der Waals surface area contributed by atoms with Crippen molar-refractivity contribution in [2.45, 2.75) is 6.61 Å². The Hall–Kier alpha value is -3.06. The number of para-hydroxylation sites is 2. The van der Waals surface area contributed by atoms with Gasteiger partial charge in [-0.25, -0.2) is 4.98 Å². The molecule has 1 aromatic carbocycles. The van der Waals surface area contributed by atoms with E-state index < -0.39 is 0 Å². The van der Waals surface area contributed by atoms with Gasteiger partial charge < -0.3 is 4.74 Å². The molecule has 1 aliphatic heterocycles. The molecule has 0 unspecified atom stereocenters. The number of imidazole rings is 1. The van der Waals surface area contributed by atoms with Crippen LogP contribution in [0.2, 0.25) is 0 Å². The topological polar surface area (TPSA) is 39.9 Å². The molecule has 0 aliphatic carbocycles. The first-order valence-corrected chi connectivity index (χ1v) is 6.62. The van der Waals surface area contributed by atoms with E-state index in [1.54, 1.807) is 18.7 Å². The molecule has 4 nitrogen and oxygen atoms in total. The smallest absolute Gasteiger partial charge is 0.143 e. The molecule has 0 amide bonds. The molecule has 4 heteroatoms. The van der Waals surface area contributed by atoms with Gasteiger partial charge in [-0.15, -0.1) is 0 Å². The molecule has 3 heterocycles. The molecular weight excluding hydrogens is 262 g/mol. The Balaban J connectivity index is 1.76. The minimum atomic E-state index is 0.480. The molecule has 4 rings (SSSR count). The van der Waals surface area contributed by atoms with Crippen molar-refractivity contribution < 1.29 is 4.74 Å². The highest BCUT2D eigenvalue weighted by Gasteiger charge is 2.19. The Bertz CT molecular complexity index is 856. The van der Waals surface area contributed by atoms with E-state index >= 15 is 0 Å². The maximum absolute atomic E-state index is 5.76. The highest BCUT2D eigenvalue weighted by molar-refractivity contribution is 5.52. The number of benzene rings is 1. The molecule has 0 bridgehead atoms. The summed E-state index contributed by atoms with van der Waals surface area (Å²) in [5.41, 5.74) is 3.59. The number of rotatable bonds is 0. The number of ether oxygens (including phenoxy) is 1. The summed E-state index contributed by atoms with van der Waals surface area (Å²) >= 11 is 0. The van der Waals surface area contributed by atoms with Crippen LogP contribution in [0.25, 0.3) is 5.69 Å². The molecule has 0 fully saturated rings. The van der Waals surface area contributed by atoms with Crippen molar-refractivity contribution >= 4 is 0 Å². The molecule has 0 spiro atoms. The average molecular weight is 273 g/mol. The predicted octanol–water partition coefficient (Wildman–Crippen LogP) is 2.56. The van der Waals surface area contributed by atoms with Crippen molar-refractivity contribution in [3.05, 3.63) is 72.1 Å². The summed E-state index contributed by atoms with van der Waals surface area (Å²) in [7, 11) is 0. The molecule has 1 aliphatic rings. The van der Waals surface area contributed by atoms with Gasteiger partial charge in [0.05, 0.1) is 11.4 Å². The van der Waals surface area contributed by atoms with Gasteiger partial charge in [0.1, 0.15) is 24.4 Å². The van der Waals surface area contributed by atoms with Crippen molar-refractivity contribution in [3.8, 4) is 23.3 Å². The Morgan fingerprint density at radius 3 is 2.95 bits per heavy atom. The monoisotopic (exact) mass is 273 g/mol. The first-order valence-electron chi connectivity index (χ1n) is 6.62. The Labute approximate surface area is 122 Å².